The van der Waals surface area contributed by atoms with Gasteiger partial charge in [-0.25, -0.2) is 0 Å². The average Bonchev–Trinajstić information content (AvgIpc) is 2.62. The maximum Gasteiger partial charge on any atom is 0.313 e. The van der Waals surface area contributed by atoms with Gasteiger partial charge in [0.05, 0.1) is 18.1 Å². The maximum atomic E-state index is 12.7. The average molecular weight is 384 g/mol. The summed E-state index contributed by atoms with van der Waals surface area (Å²) in [5.74, 6) is -0.0417. The first-order valence-electron chi connectivity index (χ1n) is 8.53. The molecule has 2 aliphatic rings. The number of hydrogen-bond donors (Lipinski definition) is 1. The summed E-state index contributed by atoms with van der Waals surface area (Å²) < 4.78 is 16.1. The van der Waals surface area contributed by atoms with Crippen molar-refractivity contribution in [2.75, 3.05) is 40.0 Å². The molecule has 1 aromatic rings. The Morgan fingerprint density at radius 1 is 1.35 bits per heavy atom. The molecule has 26 heavy (non-hydrogen) atoms. The molecule has 2 aliphatic heterocycles. The summed E-state index contributed by atoms with van der Waals surface area (Å²) in [5, 5.41) is 10.0. The summed E-state index contributed by atoms with van der Waals surface area (Å²) in [6.07, 6.45) is 1.25. The molecular weight excluding hydrogens is 362 g/mol. The molecule has 0 aliphatic carbocycles. The van der Waals surface area contributed by atoms with Crippen LogP contribution < -0.4 is 9.47 Å². The number of amides is 1. The molecule has 2 heterocycles. The van der Waals surface area contributed by atoms with Crippen LogP contribution in [0.3, 0.4) is 0 Å². The zero-order chi connectivity index (χ0) is 18.7. The standard InChI is InChI=1S/C18H22ClNO6/c1-24-11-18(17(22)23)3-2-4-20(10-18)15(21)9-12-7-13(19)16-14(8-12)25-5-6-26-16/h7-8H,2-6,9-11H2,1H3,(H,22,23). The quantitative estimate of drug-likeness (QED) is 0.837. The maximum absolute atomic E-state index is 12.7. The number of benzene rings is 1. The van der Waals surface area contributed by atoms with Gasteiger partial charge < -0.3 is 24.2 Å². The number of methoxy groups -OCH3 is 1. The number of aliphatic carboxylic acids is 1. The van der Waals surface area contributed by atoms with E-state index in [-0.39, 0.29) is 25.5 Å². The van der Waals surface area contributed by atoms with Gasteiger partial charge in [0.15, 0.2) is 11.5 Å². The van der Waals surface area contributed by atoms with Crippen LogP contribution in [0, 0.1) is 5.41 Å². The van der Waals surface area contributed by atoms with Crippen LogP contribution in [-0.2, 0) is 20.7 Å². The normalized spacial score (nSPS) is 22.2. The highest BCUT2D eigenvalue weighted by molar-refractivity contribution is 6.32. The Labute approximate surface area is 156 Å². The molecule has 1 fully saturated rings. The van der Waals surface area contributed by atoms with Crippen molar-refractivity contribution in [1.29, 1.82) is 0 Å². The summed E-state index contributed by atoms with van der Waals surface area (Å²) in [6.45, 7) is 1.64. The highest BCUT2D eigenvalue weighted by Gasteiger charge is 2.43. The predicted molar refractivity (Wildman–Crippen MR) is 93.9 cm³/mol. The SMILES string of the molecule is COCC1(C(=O)O)CCCN(C(=O)Cc2cc(Cl)c3c(c2)OCCO3)C1. The number of nitrogens with zero attached hydrogens (tertiary/aromatic N) is 1. The van der Waals surface area contributed by atoms with Crippen molar-refractivity contribution < 1.29 is 28.9 Å². The highest BCUT2D eigenvalue weighted by Crippen LogP contribution is 2.38. The molecule has 142 valence electrons. The molecule has 0 radical (unpaired) electrons. The number of rotatable bonds is 5. The number of halogens is 1. The van der Waals surface area contributed by atoms with Gasteiger partial charge in [-0.1, -0.05) is 11.6 Å². The second-order valence-electron chi connectivity index (χ2n) is 6.72. The second kappa shape index (κ2) is 7.72. The van der Waals surface area contributed by atoms with Crippen molar-refractivity contribution >= 4 is 23.5 Å². The molecule has 1 N–H and O–H groups in total. The van der Waals surface area contributed by atoms with Crippen molar-refractivity contribution in [2.24, 2.45) is 5.41 Å². The first-order valence-corrected chi connectivity index (χ1v) is 8.91. The zero-order valence-electron chi connectivity index (χ0n) is 14.6. The van der Waals surface area contributed by atoms with Crippen LogP contribution in [0.15, 0.2) is 12.1 Å². The van der Waals surface area contributed by atoms with Crippen LogP contribution in [0.5, 0.6) is 11.5 Å². The van der Waals surface area contributed by atoms with Crippen LogP contribution in [0.4, 0.5) is 0 Å². The molecule has 1 atom stereocenters. The lowest BCUT2D eigenvalue weighted by Crippen LogP contribution is -2.52. The molecular formula is C18H22ClNO6. The van der Waals surface area contributed by atoms with Gasteiger partial charge >= 0.3 is 5.97 Å². The number of hydrogen-bond acceptors (Lipinski definition) is 5. The topological polar surface area (TPSA) is 85.3 Å². The fraction of sp³-hybridized carbons (Fsp3) is 0.556. The summed E-state index contributed by atoms with van der Waals surface area (Å²) in [6, 6.07) is 3.44. The first-order chi connectivity index (χ1) is 12.4. The van der Waals surface area contributed by atoms with E-state index in [0.29, 0.717) is 54.7 Å². The van der Waals surface area contributed by atoms with Crippen LogP contribution in [0.1, 0.15) is 18.4 Å². The van der Waals surface area contributed by atoms with Crippen molar-refractivity contribution in [3.05, 3.63) is 22.7 Å². The molecule has 0 bridgehead atoms. The lowest BCUT2D eigenvalue weighted by Gasteiger charge is -2.39. The van der Waals surface area contributed by atoms with E-state index in [9.17, 15) is 14.7 Å². The smallest absolute Gasteiger partial charge is 0.313 e. The van der Waals surface area contributed by atoms with E-state index in [2.05, 4.69) is 0 Å². The van der Waals surface area contributed by atoms with E-state index in [0.717, 1.165) is 0 Å². The first kappa shape index (κ1) is 18.8. The lowest BCUT2D eigenvalue weighted by molar-refractivity contribution is -0.159. The Kier molecular flexibility index (Phi) is 5.58. The van der Waals surface area contributed by atoms with Crippen LogP contribution in [0.25, 0.3) is 0 Å². The minimum absolute atomic E-state index is 0.0853. The van der Waals surface area contributed by atoms with Crippen molar-refractivity contribution in [3.8, 4) is 11.5 Å². The molecule has 1 aromatic carbocycles. The Bertz CT molecular complexity index is 705. The number of carbonyl (C=O) groups excluding carboxylic acids is 1. The molecule has 7 nitrogen and oxygen atoms in total. The van der Waals surface area contributed by atoms with E-state index < -0.39 is 11.4 Å². The third-order valence-electron chi connectivity index (χ3n) is 4.82. The summed E-state index contributed by atoms with van der Waals surface area (Å²) >= 11 is 6.22. The van der Waals surface area contributed by atoms with Crippen molar-refractivity contribution in [3.63, 3.8) is 0 Å². The fourth-order valence-electron chi connectivity index (χ4n) is 3.53. The molecule has 0 aromatic heterocycles. The second-order valence-corrected chi connectivity index (χ2v) is 7.12. The number of carboxylic acid groups (broad SMARTS) is 1. The van der Waals surface area contributed by atoms with Gasteiger partial charge in [-0.15, -0.1) is 0 Å². The van der Waals surface area contributed by atoms with Crippen LogP contribution in [0.2, 0.25) is 5.02 Å². The minimum atomic E-state index is -1.05. The van der Waals surface area contributed by atoms with Crippen LogP contribution in [-0.4, -0.2) is 61.9 Å². The summed E-state index contributed by atoms with van der Waals surface area (Å²) in [7, 11) is 1.47. The molecule has 1 unspecified atom stereocenters. The Balaban J connectivity index is 1.73. The minimum Gasteiger partial charge on any atom is -0.486 e. The third-order valence-corrected chi connectivity index (χ3v) is 5.10. The van der Waals surface area contributed by atoms with E-state index in [1.807, 2.05) is 0 Å². The van der Waals surface area contributed by atoms with Gasteiger partial charge in [0.1, 0.15) is 18.6 Å². The number of fused-ring (bicyclic) bond motifs is 1. The summed E-state index contributed by atoms with van der Waals surface area (Å²) in [4.78, 5) is 26.1. The third kappa shape index (κ3) is 3.73. The number of carbonyl (C=O) groups is 2. The van der Waals surface area contributed by atoms with Gasteiger partial charge in [0.2, 0.25) is 5.91 Å². The number of carboxylic acids is 1. The monoisotopic (exact) mass is 383 g/mol. The number of ether oxygens (including phenoxy) is 3. The largest absolute Gasteiger partial charge is 0.486 e. The van der Waals surface area contributed by atoms with Gasteiger partial charge in [-0.2, -0.15) is 0 Å². The zero-order valence-corrected chi connectivity index (χ0v) is 15.4. The van der Waals surface area contributed by atoms with E-state index >= 15 is 0 Å². The Morgan fingerprint density at radius 2 is 2.12 bits per heavy atom. The predicted octanol–water partition coefficient (Wildman–Crippen LogP) is 1.99. The van der Waals surface area contributed by atoms with Crippen LogP contribution >= 0.6 is 11.6 Å². The molecule has 1 amide bonds. The Hall–Kier alpha value is -1.99. The van der Waals surface area contributed by atoms with E-state index in [1.54, 1.807) is 17.0 Å². The van der Waals surface area contributed by atoms with Gasteiger partial charge in [0.25, 0.3) is 0 Å². The molecule has 1 saturated heterocycles. The van der Waals surface area contributed by atoms with Gasteiger partial charge in [-0.05, 0) is 30.5 Å². The lowest BCUT2D eigenvalue weighted by atomic mass is 9.80. The number of piperidine rings is 1. The number of likely N-dealkylation sites (tertiary alicyclic amines) is 1. The van der Waals surface area contributed by atoms with E-state index in [4.69, 9.17) is 25.8 Å². The fourth-order valence-corrected chi connectivity index (χ4v) is 3.82. The molecule has 0 saturated carbocycles. The highest BCUT2D eigenvalue weighted by atomic mass is 35.5. The Morgan fingerprint density at radius 3 is 2.85 bits per heavy atom. The van der Waals surface area contributed by atoms with Crippen molar-refractivity contribution in [1.82, 2.24) is 4.90 Å². The molecule has 8 heteroatoms. The van der Waals surface area contributed by atoms with Crippen molar-refractivity contribution in [2.45, 2.75) is 19.3 Å². The molecule has 0 spiro atoms. The summed E-state index contributed by atoms with van der Waals surface area (Å²) in [5.41, 5.74) is -0.338. The molecule has 3 rings (SSSR count). The van der Waals surface area contributed by atoms with Gasteiger partial charge in [-0.3, -0.25) is 9.59 Å². The van der Waals surface area contributed by atoms with E-state index in [1.165, 1.54) is 7.11 Å². The van der Waals surface area contributed by atoms with Gasteiger partial charge in [0, 0.05) is 20.2 Å².